The van der Waals surface area contributed by atoms with Gasteiger partial charge < -0.3 is 14.2 Å². The number of unbranched alkanes of at least 4 members (excludes halogenated alkanes) is 21. The fourth-order valence-corrected chi connectivity index (χ4v) is 6.11. The summed E-state index contributed by atoms with van der Waals surface area (Å²) >= 11 is 0. The Bertz CT molecular complexity index is 1080. The summed E-state index contributed by atoms with van der Waals surface area (Å²) in [5.41, 5.74) is 0. The van der Waals surface area contributed by atoms with Crippen LogP contribution in [0.15, 0.2) is 72.9 Å². The van der Waals surface area contributed by atoms with E-state index in [0.717, 1.165) is 64.2 Å². The Kier molecular flexibility index (Phi) is 42.1. The Labute approximate surface area is 344 Å². The quantitative estimate of drug-likeness (QED) is 0.0203. The summed E-state index contributed by atoms with van der Waals surface area (Å²) in [4.78, 5) is 37.7. The van der Waals surface area contributed by atoms with E-state index in [9.17, 15) is 14.4 Å². The molecule has 0 rings (SSSR count). The molecule has 0 aliphatic rings. The minimum atomic E-state index is -0.803. The summed E-state index contributed by atoms with van der Waals surface area (Å²) in [5.74, 6) is -0.990. The van der Waals surface area contributed by atoms with Crippen LogP contribution in [0.3, 0.4) is 0 Å². The highest BCUT2D eigenvalue weighted by Crippen LogP contribution is 2.14. The molecule has 0 saturated carbocycles. The molecule has 0 aromatic carbocycles. The topological polar surface area (TPSA) is 78.9 Å². The first-order valence-electron chi connectivity index (χ1n) is 23.0. The average molecular weight is 781 g/mol. The van der Waals surface area contributed by atoms with E-state index in [1.54, 1.807) is 0 Å². The lowest BCUT2D eigenvalue weighted by Gasteiger charge is -2.18. The molecule has 56 heavy (non-hydrogen) atoms. The Morgan fingerprint density at radius 3 is 1.23 bits per heavy atom. The highest BCUT2D eigenvalue weighted by molar-refractivity contribution is 5.71. The standard InChI is InChI=1S/C50H84O6/c1-4-7-10-13-16-19-22-25-28-31-34-37-40-43-49(52)55-46-47(45-54-48(51)42-39-36-33-30-27-24-21-18-15-12-9-6-3)56-50(53)44-41-38-35-32-29-26-23-20-17-14-11-8-5-2/h7,10,13,16,18-19,21-22,25,28,31,34,47H,4-6,8-9,11-12,14-15,17,20,23-24,26-27,29-30,32-33,35-46H2,1-3H3/b10-7-,16-13-,21-18-,22-19-,28-25-,34-31-. The van der Waals surface area contributed by atoms with E-state index >= 15 is 0 Å². The first-order valence-corrected chi connectivity index (χ1v) is 23.0. The summed E-state index contributed by atoms with van der Waals surface area (Å²) in [6.07, 6.45) is 54.6. The molecule has 6 nitrogen and oxygen atoms in total. The van der Waals surface area contributed by atoms with Crippen molar-refractivity contribution < 1.29 is 28.6 Å². The number of carbonyl (C=O) groups excluding carboxylic acids is 3. The van der Waals surface area contributed by atoms with Gasteiger partial charge in [-0.25, -0.2) is 0 Å². The minimum absolute atomic E-state index is 0.101. The van der Waals surface area contributed by atoms with Crippen molar-refractivity contribution in [1.29, 1.82) is 0 Å². The van der Waals surface area contributed by atoms with Crippen molar-refractivity contribution in [3.63, 3.8) is 0 Å². The SMILES string of the molecule is CC\C=C/C=C\C=C/C=C\C=C/CCCC(=O)OCC(COC(=O)CCCCCCC/C=C\CCCCC)OC(=O)CCCCCCCCCCCCCCC. The number of ether oxygens (including phenoxy) is 3. The number of rotatable bonds is 40. The lowest BCUT2D eigenvalue weighted by molar-refractivity contribution is -0.167. The first-order chi connectivity index (χ1) is 27.5. The molecule has 0 saturated heterocycles. The van der Waals surface area contributed by atoms with Crippen LogP contribution in [-0.4, -0.2) is 37.2 Å². The normalized spacial score (nSPS) is 12.7. The molecule has 320 valence electrons. The van der Waals surface area contributed by atoms with Gasteiger partial charge in [-0.1, -0.05) is 203 Å². The van der Waals surface area contributed by atoms with Crippen LogP contribution in [0.4, 0.5) is 0 Å². The van der Waals surface area contributed by atoms with Crippen molar-refractivity contribution in [1.82, 2.24) is 0 Å². The molecule has 0 heterocycles. The van der Waals surface area contributed by atoms with E-state index in [2.05, 4.69) is 39.0 Å². The van der Waals surface area contributed by atoms with E-state index in [0.29, 0.717) is 19.3 Å². The zero-order valence-electron chi connectivity index (χ0n) is 36.4. The summed E-state index contributed by atoms with van der Waals surface area (Å²) in [5, 5.41) is 0. The van der Waals surface area contributed by atoms with Crippen LogP contribution < -0.4 is 0 Å². The predicted octanol–water partition coefficient (Wildman–Crippen LogP) is 14.7. The molecule has 0 amide bonds. The van der Waals surface area contributed by atoms with E-state index in [4.69, 9.17) is 14.2 Å². The number of hydrogen-bond acceptors (Lipinski definition) is 6. The third-order valence-corrected chi connectivity index (χ3v) is 9.57. The molecule has 0 aromatic rings. The van der Waals surface area contributed by atoms with Gasteiger partial charge in [-0.05, 0) is 57.8 Å². The zero-order chi connectivity index (χ0) is 40.8. The molecule has 0 fully saturated rings. The molecule has 1 atom stereocenters. The Hall–Kier alpha value is -3.15. The number of hydrogen-bond donors (Lipinski definition) is 0. The maximum atomic E-state index is 12.7. The predicted molar refractivity (Wildman–Crippen MR) is 238 cm³/mol. The van der Waals surface area contributed by atoms with Crippen LogP contribution in [0.1, 0.15) is 207 Å². The van der Waals surface area contributed by atoms with Crippen LogP contribution in [-0.2, 0) is 28.6 Å². The number of esters is 3. The van der Waals surface area contributed by atoms with Crippen molar-refractivity contribution in [2.45, 2.75) is 213 Å². The highest BCUT2D eigenvalue weighted by atomic mass is 16.6. The molecule has 0 aliphatic heterocycles. The Balaban J connectivity index is 4.50. The van der Waals surface area contributed by atoms with Gasteiger partial charge in [0.25, 0.3) is 0 Å². The molecule has 0 radical (unpaired) electrons. The third-order valence-electron chi connectivity index (χ3n) is 9.57. The Morgan fingerprint density at radius 1 is 0.375 bits per heavy atom. The lowest BCUT2D eigenvalue weighted by atomic mass is 10.0. The molecular formula is C50H84O6. The average Bonchev–Trinajstić information content (AvgIpc) is 3.19. The molecular weight excluding hydrogens is 697 g/mol. The second kappa shape index (κ2) is 44.6. The molecule has 1 unspecified atom stereocenters. The van der Waals surface area contributed by atoms with Crippen molar-refractivity contribution in [2.24, 2.45) is 0 Å². The molecule has 0 spiro atoms. The second-order valence-corrected chi connectivity index (χ2v) is 15.1. The van der Waals surface area contributed by atoms with Gasteiger partial charge in [0, 0.05) is 19.3 Å². The van der Waals surface area contributed by atoms with E-state index in [-0.39, 0.29) is 37.5 Å². The van der Waals surface area contributed by atoms with Crippen molar-refractivity contribution >= 4 is 17.9 Å². The van der Waals surface area contributed by atoms with Gasteiger partial charge in [-0.2, -0.15) is 0 Å². The van der Waals surface area contributed by atoms with Crippen molar-refractivity contribution in [3.8, 4) is 0 Å². The molecule has 0 aliphatic carbocycles. The fourth-order valence-electron chi connectivity index (χ4n) is 6.11. The maximum absolute atomic E-state index is 12.7. The summed E-state index contributed by atoms with van der Waals surface area (Å²) in [6.45, 7) is 6.38. The van der Waals surface area contributed by atoms with Gasteiger partial charge in [-0.3, -0.25) is 14.4 Å². The smallest absolute Gasteiger partial charge is 0.306 e. The van der Waals surface area contributed by atoms with E-state index in [1.165, 1.54) is 96.3 Å². The zero-order valence-corrected chi connectivity index (χ0v) is 36.4. The largest absolute Gasteiger partial charge is 0.462 e. The minimum Gasteiger partial charge on any atom is -0.462 e. The van der Waals surface area contributed by atoms with E-state index < -0.39 is 6.10 Å². The van der Waals surface area contributed by atoms with Gasteiger partial charge in [0.1, 0.15) is 13.2 Å². The van der Waals surface area contributed by atoms with Crippen LogP contribution in [0.2, 0.25) is 0 Å². The summed E-state index contributed by atoms with van der Waals surface area (Å²) < 4.78 is 16.6. The van der Waals surface area contributed by atoms with Gasteiger partial charge >= 0.3 is 17.9 Å². The lowest BCUT2D eigenvalue weighted by Crippen LogP contribution is -2.30. The second-order valence-electron chi connectivity index (χ2n) is 15.1. The Morgan fingerprint density at radius 2 is 0.732 bits per heavy atom. The van der Waals surface area contributed by atoms with Crippen LogP contribution in [0.25, 0.3) is 0 Å². The molecule has 0 aromatic heterocycles. The first kappa shape index (κ1) is 52.9. The monoisotopic (exact) mass is 781 g/mol. The van der Waals surface area contributed by atoms with Crippen molar-refractivity contribution in [2.75, 3.05) is 13.2 Å². The molecule has 0 bridgehead atoms. The maximum Gasteiger partial charge on any atom is 0.306 e. The van der Waals surface area contributed by atoms with Crippen LogP contribution in [0, 0.1) is 0 Å². The van der Waals surface area contributed by atoms with Crippen molar-refractivity contribution in [3.05, 3.63) is 72.9 Å². The number of allylic oxidation sites excluding steroid dienone is 12. The summed E-state index contributed by atoms with van der Waals surface area (Å²) in [7, 11) is 0. The third kappa shape index (κ3) is 42.0. The van der Waals surface area contributed by atoms with Gasteiger partial charge in [0.2, 0.25) is 0 Å². The van der Waals surface area contributed by atoms with Gasteiger partial charge in [0.05, 0.1) is 0 Å². The highest BCUT2D eigenvalue weighted by Gasteiger charge is 2.19. The fraction of sp³-hybridized carbons (Fsp3) is 0.700. The molecule has 0 N–H and O–H groups in total. The van der Waals surface area contributed by atoms with Crippen LogP contribution in [0.5, 0.6) is 0 Å². The number of carbonyl (C=O) groups is 3. The van der Waals surface area contributed by atoms with Crippen LogP contribution >= 0.6 is 0 Å². The molecule has 6 heteroatoms. The van der Waals surface area contributed by atoms with Gasteiger partial charge in [0.15, 0.2) is 6.10 Å². The summed E-state index contributed by atoms with van der Waals surface area (Å²) in [6, 6.07) is 0. The van der Waals surface area contributed by atoms with E-state index in [1.807, 2.05) is 54.7 Å². The van der Waals surface area contributed by atoms with Gasteiger partial charge in [-0.15, -0.1) is 0 Å².